The summed E-state index contributed by atoms with van der Waals surface area (Å²) in [5, 5.41) is 8.77. The summed E-state index contributed by atoms with van der Waals surface area (Å²) in [4.78, 5) is 21.7. The average molecular weight is 158 g/mol. The summed E-state index contributed by atoms with van der Waals surface area (Å²) in [5.41, 5.74) is -1.14. The fraction of sp³-hybridized carbons (Fsp3) is 0.750. The van der Waals surface area contributed by atoms with Crippen molar-refractivity contribution in [1.82, 2.24) is 0 Å². The molecule has 3 nitrogen and oxygen atoms in total. The van der Waals surface area contributed by atoms with Crippen LogP contribution in [0.2, 0.25) is 0 Å². The molecule has 64 valence electrons. The zero-order valence-corrected chi connectivity index (χ0v) is 7.18. The molecular formula is C8H14O3. The van der Waals surface area contributed by atoms with Gasteiger partial charge in [-0.1, -0.05) is 13.8 Å². The van der Waals surface area contributed by atoms with Crippen LogP contribution in [0, 0.1) is 5.41 Å². The summed E-state index contributed by atoms with van der Waals surface area (Å²) < 4.78 is 0. The zero-order chi connectivity index (χ0) is 9.07. The molecule has 0 aromatic carbocycles. The lowest BCUT2D eigenvalue weighted by Gasteiger charge is -2.22. The molecule has 0 aliphatic carbocycles. The zero-order valence-electron chi connectivity index (χ0n) is 7.18. The first-order chi connectivity index (χ1) is 5.01. The Morgan fingerprint density at radius 1 is 1.27 bits per heavy atom. The van der Waals surface area contributed by atoms with Gasteiger partial charge in [0, 0.05) is 0 Å². The molecule has 0 aromatic heterocycles. The van der Waals surface area contributed by atoms with E-state index in [0.717, 1.165) is 0 Å². The molecule has 0 aliphatic heterocycles. The monoisotopic (exact) mass is 158 g/mol. The molecule has 0 spiro atoms. The topological polar surface area (TPSA) is 54.4 Å². The van der Waals surface area contributed by atoms with Crippen molar-refractivity contribution in [2.45, 2.75) is 33.6 Å². The van der Waals surface area contributed by atoms with E-state index in [4.69, 9.17) is 5.11 Å². The van der Waals surface area contributed by atoms with Crippen molar-refractivity contribution in [2.24, 2.45) is 5.41 Å². The minimum atomic E-state index is -1.14. The fourth-order valence-electron chi connectivity index (χ4n) is 1.20. The SMILES string of the molecule is CCC(CC)(C(C)=O)C(=O)O. The van der Waals surface area contributed by atoms with Gasteiger partial charge in [0.1, 0.15) is 11.2 Å². The van der Waals surface area contributed by atoms with Crippen LogP contribution < -0.4 is 0 Å². The molecule has 0 saturated heterocycles. The predicted octanol–water partition coefficient (Wildman–Crippen LogP) is 1.47. The Morgan fingerprint density at radius 3 is 1.64 bits per heavy atom. The summed E-state index contributed by atoms with van der Waals surface area (Å²) in [6, 6.07) is 0. The van der Waals surface area contributed by atoms with Crippen molar-refractivity contribution in [3.63, 3.8) is 0 Å². The van der Waals surface area contributed by atoms with Gasteiger partial charge >= 0.3 is 5.97 Å². The van der Waals surface area contributed by atoms with E-state index >= 15 is 0 Å². The molecular weight excluding hydrogens is 144 g/mol. The van der Waals surface area contributed by atoms with E-state index in [1.54, 1.807) is 13.8 Å². The van der Waals surface area contributed by atoms with Crippen LogP contribution >= 0.6 is 0 Å². The largest absolute Gasteiger partial charge is 0.480 e. The number of hydrogen-bond donors (Lipinski definition) is 1. The van der Waals surface area contributed by atoms with Gasteiger partial charge in [0.15, 0.2) is 0 Å². The third-order valence-corrected chi connectivity index (χ3v) is 2.29. The first kappa shape index (κ1) is 10.1. The number of carbonyl (C=O) groups excluding carboxylic acids is 1. The standard InChI is InChI=1S/C8H14O3/c1-4-8(5-2,6(3)9)7(10)11/h4-5H2,1-3H3,(H,10,11). The third-order valence-electron chi connectivity index (χ3n) is 2.29. The second-order valence-corrected chi connectivity index (χ2v) is 2.65. The Labute approximate surface area is 66.4 Å². The molecule has 1 N–H and O–H groups in total. The lowest BCUT2D eigenvalue weighted by atomic mass is 9.79. The van der Waals surface area contributed by atoms with Crippen molar-refractivity contribution < 1.29 is 14.7 Å². The second-order valence-electron chi connectivity index (χ2n) is 2.65. The van der Waals surface area contributed by atoms with Gasteiger partial charge in [-0.25, -0.2) is 0 Å². The summed E-state index contributed by atoms with van der Waals surface area (Å²) in [6.45, 7) is 4.78. The van der Waals surface area contributed by atoms with Crippen LogP contribution in [0.5, 0.6) is 0 Å². The summed E-state index contributed by atoms with van der Waals surface area (Å²) in [7, 11) is 0. The van der Waals surface area contributed by atoms with Crippen molar-refractivity contribution in [3.05, 3.63) is 0 Å². The molecule has 0 bridgehead atoms. The van der Waals surface area contributed by atoms with Crippen LogP contribution in [0.25, 0.3) is 0 Å². The molecule has 0 saturated carbocycles. The Kier molecular flexibility index (Phi) is 3.23. The van der Waals surface area contributed by atoms with Crippen LogP contribution in [0.3, 0.4) is 0 Å². The van der Waals surface area contributed by atoms with Crippen molar-refractivity contribution in [2.75, 3.05) is 0 Å². The van der Waals surface area contributed by atoms with Gasteiger partial charge in [0.2, 0.25) is 0 Å². The molecule has 0 fully saturated rings. The van der Waals surface area contributed by atoms with Crippen LogP contribution in [0.1, 0.15) is 33.6 Å². The molecule has 0 rings (SSSR count). The number of ketones is 1. The maximum Gasteiger partial charge on any atom is 0.317 e. The van der Waals surface area contributed by atoms with Crippen LogP contribution in [-0.2, 0) is 9.59 Å². The highest BCUT2D eigenvalue weighted by Gasteiger charge is 2.39. The predicted molar refractivity (Wildman–Crippen MR) is 41.3 cm³/mol. The van der Waals surface area contributed by atoms with E-state index in [1.165, 1.54) is 6.92 Å². The number of carboxylic acids is 1. The highest BCUT2D eigenvalue weighted by Crippen LogP contribution is 2.27. The maximum absolute atomic E-state index is 11.0. The second kappa shape index (κ2) is 3.51. The normalized spacial score (nSPS) is 11.2. The molecule has 3 heteroatoms. The summed E-state index contributed by atoms with van der Waals surface area (Å²) >= 11 is 0. The summed E-state index contributed by atoms with van der Waals surface area (Å²) in [6.07, 6.45) is 0.738. The van der Waals surface area contributed by atoms with Gasteiger partial charge in [-0.2, -0.15) is 0 Å². The number of Topliss-reactive ketones (excluding diaryl/α,β-unsaturated/α-hetero) is 1. The quantitative estimate of drug-likeness (QED) is 0.630. The summed E-state index contributed by atoms with van der Waals surface area (Å²) in [5.74, 6) is -1.26. The maximum atomic E-state index is 11.0. The third kappa shape index (κ3) is 1.59. The highest BCUT2D eigenvalue weighted by molar-refractivity contribution is 6.01. The van der Waals surface area contributed by atoms with Gasteiger partial charge in [0.25, 0.3) is 0 Å². The molecule has 0 atom stereocenters. The van der Waals surface area contributed by atoms with Crippen LogP contribution in [0.4, 0.5) is 0 Å². The first-order valence-corrected chi connectivity index (χ1v) is 3.75. The lowest BCUT2D eigenvalue weighted by Crippen LogP contribution is -2.36. The van der Waals surface area contributed by atoms with Gasteiger partial charge < -0.3 is 5.11 Å². The molecule has 0 aliphatic rings. The van der Waals surface area contributed by atoms with E-state index in [9.17, 15) is 9.59 Å². The molecule has 0 unspecified atom stereocenters. The average Bonchev–Trinajstić information content (AvgIpc) is 1.90. The van der Waals surface area contributed by atoms with Gasteiger partial charge in [-0.15, -0.1) is 0 Å². The number of aliphatic carboxylic acids is 1. The van der Waals surface area contributed by atoms with E-state index in [1.807, 2.05) is 0 Å². The number of carboxylic acid groups (broad SMARTS) is 1. The fourth-order valence-corrected chi connectivity index (χ4v) is 1.20. The van der Waals surface area contributed by atoms with E-state index in [0.29, 0.717) is 12.8 Å². The Balaban J connectivity index is 4.76. The first-order valence-electron chi connectivity index (χ1n) is 3.75. The number of carbonyl (C=O) groups is 2. The van der Waals surface area contributed by atoms with Gasteiger partial charge in [0.05, 0.1) is 0 Å². The Bertz CT molecular complexity index is 152. The number of rotatable bonds is 4. The van der Waals surface area contributed by atoms with Crippen LogP contribution in [-0.4, -0.2) is 16.9 Å². The van der Waals surface area contributed by atoms with Crippen molar-refractivity contribution in [3.8, 4) is 0 Å². The Morgan fingerprint density at radius 2 is 1.64 bits per heavy atom. The Hall–Kier alpha value is -0.860. The van der Waals surface area contributed by atoms with E-state index in [2.05, 4.69) is 0 Å². The highest BCUT2D eigenvalue weighted by atomic mass is 16.4. The minimum absolute atomic E-state index is 0.255. The number of hydrogen-bond acceptors (Lipinski definition) is 2. The lowest BCUT2D eigenvalue weighted by molar-refractivity contribution is -0.154. The van der Waals surface area contributed by atoms with Gasteiger partial charge in [-0.05, 0) is 19.8 Å². The molecule has 0 radical (unpaired) electrons. The van der Waals surface area contributed by atoms with E-state index < -0.39 is 11.4 Å². The molecule has 0 amide bonds. The van der Waals surface area contributed by atoms with E-state index in [-0.39, 0.29) is 5.78 Å². The minimum Gasteiger partial charge on any atom is -0.480 e. The molecule has 11 heavy (non-hydrogen) atoms. The molecule has 0 aromatic rings. The molecule has 0 heterocycles. The van der Waals surface area contributed by atoms with Crippen LogP contribution in [0.15, 0.2) is 0 Å². The smallest absolute Gasteiger partial charge is 0.317 e. The van der Waals surface area contributed by atoms with Crippen molar-refractivity contribution >= 4 is 11.8 Å². The van der Waals surface area contributed by atoms with Gasteiger partial charge in [-0.3, -0.25) is 9.59 Å². The van der Waals surface area contributed by atoms with Crippen molar-refractivity contribution in [1.29, 1.82) is 0 Å².